The molecule has 3 heteroatoms. The standard InChI is InChI=1S/C5H5N2.Sn/c6-5-2-1-3-7-4-5;/h1-2,4H,6H2;. The van der Waals surface area contributed by atoms with Gasteiger partial charge in [-0.2, -0.15) is 0 Å². The van der Waals surface area contributed by atoms with Crippen LogP contribution >= 0.6 is 0 Å². The average molecular weight is 212 g/mol. The van der Waals surface area contributed by atoms with Gasteiger partial charge in [-0.15, -0.1) is 0 Å². The summed E-state index contributed by atoms with van der Waals surface area (Å²) in [5.74, 6) is 0. The Balaban J connectivity index is 3.03. The molecule has 1 rings (SSSR count). The van der Waals surface area contributed by atoms with E-state index in [9.17, 15) is 0 Å². The van der Waals surface area contributed by atoms with Gasteiger partial charge in [-0.25, -0.2) is 0 Å². The van der Waals surface area contributed by atoms with Gasteiger partial charge >= 0.3 is 61.0 Å². The molecule has 0 aliphatic rings. The third kappa shape index (κ3) is 1.36. The summed E-state index contributed by atoms with van der Waals surface area (Å²) >= 11 is 1.33. The fourth-order valence-corrected chi connectivity index (χ4v) is 0.827. The number of rotatable bonds is 0. The maximum absolute atomic E-state index is 5.37. The monoisotopic (exact) mass is 213 g/mol. The van der Waals surface area contributed by atoms with Gasteiger partial charge in [0.15, 0.2) is 0 Å². The van der Waals surface area contributed by atoms with Crippen LogP contribution in [0.2, 0.25) is 0 Å². The van der Waals surface area contributed by atoms with Gasteiger partial charge in [0.05, 0.1) is 0 Å². The second kappa shape index (κ2) is 2.35. The van der Waals surface area contributed by atoms with E-state index in [-0.39, 0.29) is 0 Å². The molecule has 8 heavy (non-hydrogen) atoms. The van der Waals surface area contributed by atoms with E-state index in [1.807, 2.05) is 12.1 Å². The molecule has 0 aliphatic heterocycles. The van der Waals surface area contributed by atoms with Crippen molar-refractivity contribution in [3.8, 4) is 0 Å². The molecule has 3 radical (unpaired) electrons. The van der Waals surface area contributed by atoms with Crippen molar-refractivity contribution in [2.45, 2.75) is 0 Å². The van der Waals surface area contributed by atoms with E-state index in [1.165, 1.54) is 22.5 Å². The molecule has 0 bridgehead atoms. The van der Waals surface area contributed by atoms with Crippen molar-refractivity contribution in [1.82, 2.24) is 4.98 Å². The number of hydrogen-bond acceptors (Lipinski definition) is 2. The van der Waals surface area contributed by atoms with E-state index in [0.29, 0.717) is 0 Å². The van der Waals surface area contributed by atoms with Crippen LogP contribution in [0, 0.1) is 0 Å². The van der Waals surface area contributed by atoms with Crippen LogP contribution in [0.15, 0.2) is 18.3 Å². The fourth-order valence-electron chi connectivity index (χ4n) is 0.405. The van der Waals surface area contributed by atoms with E-state index < -0.39 is 0 Å². The first-order valence-corrected chi connectivity index (χ1v) is 3.65. The second-order valence-corrected chi connectivity index (χ2v) is 2.94. The summed E-state index contributed by atoms with van der Waals surface area (Å²) in [6.45, 7) is 0. The molecule has 39 valence electrons. The van der Waals surface area contributed by atoms with Gasteiger partial charge in [-0.3, -0.25) is 0 Å². The molecule has 0 atom stereocenters. The fraction of sp³-hybridized carbons (Fsp3) is 0. The molecular weight excluding hydrogens is 207 g/mol. The zero-order valence-electron chi connectivity index (χ0n) is 4.26. The van der Waals surface area contributed by atoms with Gasteiger partial charge in [0.2, 0.25) is 0 Å². The number of hydrogen-bond donors (Lipinski definition) is 1. The zero-order chi connectivity index (χ0) is 5.98. The quantitative estimate of drug-likeness (QED) is 0.586. The van der Waals surface area contributed by atoms with Crippen LogP contribution in [0.25, 0.3) is 0 Å². The normalized spacial score (nSPS) is 9.12. The summed E-state index contributed by atoms with van der Waals surface area (Å²) in [4.78, 5) is 3.99. The Morgan fingerprint density at radius 2 is 2.25 bits per heavy atom. The number of anilines is 1. The third-order valence-corrected chi connectivity index (χ3v) is 1.63. The predicted molar refractivity (Wildman–Crippen MR) is 34.0 cm³/mol. The molecule has 1 heterocycles. The van der Waals surface area contributed by atoms with Crippen molar-refractivity contribution in [1.29, 1.82) is 0 Å². The minimum atomic E-state index is 0.733. The van der Waals surface area contributed by atoms with Crippen molar-refractivity contribution >= 4 is 31.9 Å². The predicted octanol–water partition coefficient (Wildman–Crippen LogP) is -0.542. The number of nitrogen functional groups attached to an aromatic ring is 1. The first-order chi connectivity index (χ1) is 3.79. The Bertz CT molecular complexity index is 149. The number of pyridine rings is 1. The second-order valence-electron chi connectivity index (χ2n) is 1.48. The van der Waals surface area contributed by atoms with Crippen LogP contribution in [0.4, 0.5) is 5.69 Å². The van der Waals surface area contributed by atoms with Gasteiger partial charge in [0, 0.05) is 0 Å². The van der Waals surface area contributed by atoms with Crippen molar-refractivity contribution in [3.63, 3.8) is 0 Å². The van der Waals surface area contributed by atoms with E-state index in [0.717, 1.165) is 9.40 Å². The van der Waals surface area contributed by atoms with E-state index in [1.54, 1.807) is 6.20 Å². The molecule has 1 aromatic rings. The van der Waals surface area contributed by atoms with Gasteiger partial charge in [-0.1, -0.05) is 0 Å². The van der Waals surface area contributed by atoms with Crippen molar-refractivity contribution in [2.24, 2.45) is 0 Å². The first-order valence-electron chi connectivity index (χ1n) is 2.22. The first kappa shape index (κ1) is 5.88. The Kier molecular flexibility index (Phi) is 1.72. The summed E-state index contributed by atoms with van der Waals surface area (Å²) in [5.41, 5.74) is 6.11. The average Bonchev–Trinajstić information content (AvgIpc) is 1.77. The van der Waals surface area contributed by atoms with Gasteiger partial charge in [-0.05, 0) is 0 Å². The zero-order valence-corrected chi connectivity index (χ0v) is 7.11. The number of nitrogens with two attached hydrogens (primary N) is 1. The van der Waals surface area contributed by atoms with Crippen LogP contribution in [-0.4, -0.2) is 27.5 Å². The summed E-state index contributed by atoms with van der Waals surface area (Å²) in [6, 6.07) is 3.78. The molecule has 0 fully saturated rings. The molecule has 0 spiro atoms. The van der Waals surface area contributed by atoms with Crippen molar-refractivity contribution in [3.05, 3.63) is 18.3 Å². The van der Waals surface area contributed by atoms with Crippen LogP contribution in [-0.2, 0) is 0 Å². The van der Waals surface area contributed by atoms with Crippen LogP contribution < -0.4 is 9.44 Å². The number of nitrogens with zero attached hydrogens (tertiary/aromatic N) is 1. The Labute approximate surface area is 61.2 Å². The molecular formula is C5H5N2Sn. The molecule has 0 aliphatic carbocycles. The third-order valence-electron chi connectivity index (χ3n) is 0.786. The molecule has 0 unspecified atom stereocenters. The Morgan fingerprint density at radius 3 is 2.62 bits per heavy atom. The van der Waals surface area contributed by atoms with Crippen molar-refractivity contribution in [2.75, 3.05) is 5.73 Å². The molecule has 2 nitrogen and oxygen atoms in total. The molecule has 0 amide bonds. The molecule has 1 aromatic heterocycles. The van der Waals surface area contributed by atoms with E-state index in [4.69, 9.17) is 5.73 Å². The molecule has 0 aromatic carbocycles. The van der Waals surface area contributed by atoms with Gasteiger partial charge in [0.25, 0.3) is 0 Å². The van der Waals surface area contributed by atoms with E-state index in [2.05, 4.69) is 4.98 Å². The molecule has 2 N–H and O–H groups in total. The Morgan fingerprint density at radius 1 is 1.50 bits per heavy atom. The SMILES string of the molecule is Nc1cc[c]([Sn])nc1. The summed E-state index contributed by atoms with van der Waals surface area (Å²) in [5, 5.41) is 0. The van der Waals surface area contributed by atoms with Crippen LogP contribution in [0.3, 0.4) is 0 Å². The minimum absolute atomic E-state index is 0.733. The molecule has 0 saturated carbocycles. The molecule has 0 saturated heterocycles. The summed E-state index contributed by atoms with van der Waals surface area (Å²) in [6.07, 6.45) is 1.67. The summed E-state index contributed by atoms with van der Waals surface area (Å²) in [7, 11) is 0. The van der Waals surface area contributed by atoms with Crippen LogP contribution in [0.1, 0.15) is 0 Å². The topological polar surface area (TPSA) is 38.9 Å². The van der Waals surface area contributed by atoms with E-state index >= 15 is 0 Å². The van der Waals surface area contributed by atoms with Crippen molar-refractivity contribution < 1.29 is 0 Å². The van der Waals surface area contributed by atoms with Crippen LogP contribution in [0.5, 0.6) is 0 Å². The van der Waals surface area contributed by atoms with Gasteiger partial charge < -0.3 is 0 Å². The van der Waals surface area contributed by atoms with Gasteiger partial charge in [0.1, 0.15) is 0 Å². The number of aromatic nitrogens is 1. The Hall–Kier alpha value is -0.251. The summed E-state index contributed by atoms with van der Waals surface area (Å²) < 4.78 is 1.09. The maximum atomic E-state index is 5.37.